The van der Waals surface area contributed by atoms with Crippen LogP contribution in [0.5, 0.6) is 5.75 Å². The van der Waals surface area contributed by atoms with E-state index in [2.05, 4.69) is 26.5 Å². The Hall–Kier alpha value is -1.99. The highest BCUT2D eigenvalue weighted by Gasteiger charge is 2.09. The van der Waals surface area contributed by atoms with Gasteiger partial charge in [-0.25, -0.2) is 5.43 Å². The van der Waals surface area contributed by atoms with Crippen LogP contribution in [0, 0.1) is 0 Å². The Labute approximate surface area is 147 Å². The average molecular weight is 401 g/mol. The van der Waals surface area contributed by atoms with Crippen molar-refractivity contribution in [3.8, 4) is 5.75 Å². The Balaban J connectivity index is 1.83. The van der Waals surface area contributed by atoms with Crippen LogP contribution in [-0.4, -0.2) is 32.8 Å². The summed E-state index contributed by atoms with van der Waals surface area (Å²) >= 11 is 9.21. The lowest BCUT2D eigenvalue weighted by Crippen LogP contribution is -2.24. The number of halogens is 2. The maximum absolute atomic E-state index is 11.6. The van der Waals surface area contributed by atoms with Gasteiger partial charge in [-0.1, -0.05) is 17.7 Å². The number of carbonyl (C=O) groups excluding carboxylic acids is 1. The molecule has 122 valence electrons. The number of furan rings is 1. The van der Waals surface area contributed by atoms with Crippen molar-refractivity contribution in [1.29, 1.82) is 0 Å². The SMILES string of the molecule is CN(C)c1oc(/C=N/NC(=O)COc2cccc(Cl)c2)cc1Br. The van der Waals surface area contributed by atoms with Crippen molar-refractivity contribution in [3.05, 3.63) is 45.6 Å². The van der Waals surface area contributed by atoms with E-state index in [1.807, 2.05) is 19.0 Å². The third kappa shape index (κ3) is 5.30. The van der Waals surface area contributed by atoms with Crippen LogP contribution in [0.3, 0.4) is 0 Å². The Morgan fingerprint density at radius 1 is 1.48 bits per heavy atom. The highest BCUT2D eigenvalue weighted by molar-refractivity contribution is 9.10. The Morgan fingerprint density at radius 3 is 2.91 bits per heavy atom. The second-order valence-electron chi connectivity index (χ2n) is 4.74. The van der Waals surface area contributed by atoms with Crippen molar-refractivity contribution >= 4 is 45.5 Å². The number of hydrogen-bond donors (Lipinski definition) is 1. The first-order valence-corrected chi connectivity index (χ1v) is 7.79. The summed E-state index contributed by atoms with van der Waals surface area (Å²) in [5.41, 5.74) is 2.36. The molecule has 0 aliphatic rings. The molecule has 0 spiro atoms. The van der Waals surface area contributed by atoms with Crippen molar-refractivity contribution in [1.82, 2.24) is 5.43 Å². The predicted octanol–water partition coefficient (Wildman–Crippen LogP) is 3.29. The number of hydrogen-bond acceptors (Lipinski definition) is 5. The minimum absolute atomic E-state index is 0.164. The monoisotopic (exact) mass is 399 g/mol. The van der Waals surface area contributed by atoms with Crippen molar-refractivity contribution in [2.24, 2.45) is 5.10 Å². The van der Waals surface area contributed by atoms with Crippen molar-refractivity contribution < 1.29 is 13.9 Å². The second-order valence-corrected chi connectivity index (χ2v) is 6.03. The van der Waals surface area contributed by atoms with E-state index in [-0.39, 0.29) is 12.5 Å². The molecule has 0 atom stereocenters. The standard InChI is InChI=1S/C15H15BrClN3O3/c1-20(2)15-13(16)7-12(23-15)8-18-19-14(21)9-22-11-5-3-4-10(17)6-11/h3-8H,9H2,1-2H3,(H,19,21)/b18-8+. The van der Waals surface area contributed by atoms with Gasteiger partial charge in [0.25, 0.3) is 5.91 Å². The maximum atomic E-state index is 11.6. The van der Waals surface area contributed by atoms with Gasteiger partial charge in [-0.05, 0) is 34.1 Å². The molecule has 0 fully saturated rings. The van der Waals surface area contributed by atoms with Gasteiger partial charge in [0.15, 0.2) is 12.4 Å². The number of nitrogens with zero attached hydrogens (tertiary/aromatic N) is 2. The van der Waals surface area contributed by atoms with Gasteiger partial charge >= 0.3 is 0 Å². The minimum Gasteiger partial charge on any atom is -0.484 e. The Morgan fingerprint density at radius 2 is 2.26 bits per heavy atom. The molecule has 0 aliphatic carbocycles. The fourth-order valence-electron chi connectivity index (χ4n) is 1.65. The smallest absolute Gasteiger partial charge is 0.277 e. The highest BCUT2D eigenvalue weighted by Crippen LogP contribution is 2.27. The molecule has 2 aromatic rings. The summed E-state index contributed by atoms with van der Waals surface area (Å²) < 4.78 is 11.6. The molecule has 0 saturated heterocycles. The summed E-state index contributed by atoms with van der Waals surface area (Å²) in [6.45, 7) is -0.164. The number of ether oxygens (including phenoxy) is 1. The lowest BCUT2D eigenvalue weighted by atomic mass is 10.3. The number of nitrogens with one attached hydrogen (secondary N) is 1. The van der Waals surface area contributed by atoms with E-state index in [9.17, 15) is 4.79 Å². The average Bonchev–Trinajstić information content (AvgIpc) is 2.86. The molecule has 23 heavy (non-hydrogen) atoms. The van der Waals surface area contributed by atoms with Gasteiger partial charge in [0.05, 0.1) is 10.7 Å². The molecule has 1 amide bonds. The molecule has 0 radical (unpaired) electrons. The summed E-state index contributed by atoms with van der Waals surface area (Å²) in [5.74, 6) is 1.31. The molecule has 0 bridgehead atoms. The van der Waals surface area contributed by atoms with E-state index in [4.69, 9.17) is 20.8 Å². The van der Waals surface area contributed by atoms with Crippen LogP contribution in [0.1, 0.15) is 5.76 Å². The number of hydrazone groups is 1. The van der Waals surface area contributed by atoms with Gasteiger partial charge in [-0.2, -0.15) is 5.10 Å². The molecule has 8 heteroatoms. The molecule has 0 saturated carbocycles. The molecule has 1 N–H and O–H groups in total. The molecule has 0 unspecified atom stereocenters. The lowest BCUT2D eigenvalue weighted by Gasteiger charge is -2.07. The van der Waals surface area contributed by atoms with Crippen LogP contribution in [-0.2, 0) is 4.79 Å². The van der Waals surface area contributed by atoms with E-state index in [0.717, 1.165) is 4.47 Å². The van der Waals surface area contributed by atoms with Gasteiger partial charge in [0.1, 0.15) is 5.75 Å². The van der Waals surface area contributed by atoms with Gasteiger partial charge in [0, 0.05) is 25.2 Å². The summed E-state index contributed by atoms with van der Waals surface area (Å²) in [6, 6.07) is 8.56. The Kier molecular flexibility index (Phi) is 6.06. The maximum Gasteiger partial charge on any atom is 0.277 e. The third-order valence-corrected chi connectivity index (χ3v) is 3.44. The van der Waals surface area contributed by atoms with Gasteiger partial charge in [-0.3, -0.25) is 4.79 Å². The van der Waals surface area contributed by atoms with E-state index in [1.165, 1.54) is 6.21 Å². The third-order valence-electron chi connectivity index (χ3n) is 2.64. The molecular weight excluding hydrogens is 386 g/mol. The molecule has 1 aromatic heterocycles. The predicted molar refractivity (Wildman–Crippen MR) is 93.4 cm³/mol. The number of rotatable bonds is 6. The minimum atomic E-state index is -0.389. The first kappa shape index (κ1) is 17.4. The van der Waals surface area contributed by atoms with Crippen molar-refractivity contribution in [3.63, 3.8) is 0 Å². The summed E-state index contributed by atoms with van der Waals surface area (Å²) in [5, 5.41) is 4.36. The van der Waals surface area contributed by atoms with Crippen molar-refractivity contribution in [2.45, 2.75) is 0 Å². The molecule has 0 aliphatic heterocycles. The zero-order valence-electron chi connectivity index (χ0n) is 12.5. The van der Waals surface area contributed by atoms with Crippen LogP contribution in [0.4, 0.5) is 5.88 Å². The fraction of sp³-hybridized carbons (Fsp3) is 0.200. The van der Waals surface area contributed by atoms with E-state index in [0.29, 0.717) is 22.4 Å². The largest absolute Gasteiger partial charge is 0.484 e. The second kappa shape index (κ2) is 8.03. The van der Waals surface area contributed by atoms with Crippen LogP contribution in [0.2, 0.25) is 5.02 Å². The molecule has 2 rings (SSSR count). The molecular formula is C15H15BrClN3O3. The summed E-state index contributed by atoms with van der Waals surface area (Å²) in [4.78, 5) is 13.5. The number of amides is 1. The van der Waals surface area contributed by atoms with Gasteiger partial charge < -0.3 is 14.1 Å². The first-order chi connectivity index (χ1) is 11.0. The van der Waals surface area contributed by atoms with Crippen LogP contribution < -0.4 is 15.1 Å². The molecule has 6 nitrogen and oxygen atoms in total. The number of anilines is 1. The van der Waals surface area contributed by atoms with Crippen LogP contribution in [0.25, 0.3) is 0 Å². The fourth-order valence-corrected chi connectivity index (χ4v) is 2.49. The van der Waals surface area contributed by atoms with E-state index in [1.54, 1.807) is 30.3 Å². The topological polar surface area (TPSA) is 67.1 Å². The van der Waals surface area contributed by atoms with Gasteiger partial charge in [0.2, 0.25) is 5.88 Å². The lowest BCUT2D eigenvalue weighted by molar-refractivity contribution is -0.123. The number of carbonyl (C=O) groups is 1. The van der Waals surface area contributed by atoms with E-state index < -0.39 is 0 Å². The summed E-state index contributed by atoms with van der Waals surface area (Å²) in [7, 11) is 3.72. The molecule has 1 aromatic carbocycles. The first-order valence-electron chi connectivity index (χ1n) is 6.62. The normalized spacial score (nSPS) is 10.8. The van der Waals surface area contributed by atoms with E-state index >= 15 is 0 Å². The van der Waals surface area contributed by atoms with Crippen LogP contribution in [0.15, 0.2) is 44.3 Å². The highest BCUT2D eigenvalue weighted by atomic mass is 79.9. The Bertz CT molecular complexity index is 716. The zero-order chi connectivity index (χ0) is 16.8. The summed E-state index contributed by atoms with van der Waals surface area (Å²) in [6.07, 6.45) is 1.41. The van der Waals surface area contributed by atoms with Crippen LogP contribution >= 0.6 is 27.5 Å². The zero-order valence-corrected chi connectivity index (χ0v) is 14.9. The van der Waals surface area contributed by atoms with Gasteiger partial charge in [-0.15, -0.1) is 0 Å². The number of benzene rings is 1. The molecule has 1 heterocycles. The quantitative estimate of drug-likeness (QED) is 0.597. The van der Waals surface area contributed by atoms with Crippen molar-refractivity contribution in [2.75, 3.05) is 25.6 Å².